The molecule has 2 aliphatic heterocycles. The van der Waals surface area contributed by atoms with Crippen molar-refractivity contribution in [2.75, 3.05) is 25.6 Å². The monoisotopic (exact) mass is 276 g/mol. The van der Waals surface area contributed by atoms with Crippen molar-refractivity contribution in [3.8, 4) is 11.5 Å². The molecule has 0 saturated carbocycles. The van der Waals surface area contributed by atoms with E-state index in [1.54, 1.807) is 12.1 Å². The third-order valence-electron chi connectivity index (χ3n) is 4.18. The zero-order chi connectivity index (χ0) is 14.3. The van der Waals surface area contributed by atoms with E-state index in [4.69, 9.17) is 15.2 Å². The number of likely N-dealkylation sites (tertiary alicyclic amines) is 1. The van der Waals surface area contributed by atoms with Gasteiger partial charge in [-0.25, -0.2) is 0 Å². The lowest BCUT2D eigenvalue weighted by atomic mass is 9.82. The molecule has 20 heavy (non-hydrogen) atoms. The highest BCUT2D eigenvalue weighted by atomic mass is 16.7. The minimum Gasteiger partial charge on any atom is -0.454 e. The smallest absolute Gasteiger partial charge is 0.256 e. The average molecular weight is 276 g/mol. The Morgan fingerprint density at radius 3 is 2.45 bits per heavy atom. The normalized spacial score (nSPS) is 20.0. The summed E-state index contributed by atoms with van der Waals surface area (Å²) in [7, 11) is 0. The number of hydrogen-bond donors (Lipinski definition) is 1. The number of amides is 1. The Morgan fingerprint density at radius 1 is 1.20 bits per heavy atom. The number of hydrogen-bond acceptors (Lipinski definition) is 4. The maximum atomic E-state index is 12.6. The first-order valence-electron chi connectivity index (χ1n) is 6.95. The van der Waals surface area contributed by atoms with Gasteiger partial charge in [-0.05, 0) is 24.3 Å². The number of nitrogens with zero attached hydrogens (tertiary/aromatic N) is 1. The fourth-order valence-corrected chi connectivity index (χ4v) is 2.63. The molecule has 1 fully saturated rings. The van der Waals surface area contributed by atoms with Gasteiger partial charge in [0, 0.05) is 24.8 Å². The van der Waals surface area contributed by atoms with E-state index in [1.165, 1.54) is 0 Å². The molecular formula is C15H20N2O3. The molecule has 1 saturated heterocycles. The molecule has 0 unspecified atom stereocenters. The van der Waals surface area contributed by atoms with E-state index in [9.17, 15) is 4.79 Å². The van der Waals surface area contributed by atoms with Crippen LogP contribution in [0.15, 0.2) is 12.1 Å². The molecule has 0 atom stereocenters. The zero-order valence-corrected chi connectivity index (χ0v) is 11.9. The van der Waals surface area contributed by atoms with E-state index < -0.39 is 0 Å². The summed E-state index contributed by atoms with van der Waals surface area (Å²) in [5.74, 6) is 1.19. The van der Waals surface area contributed by atoms with Gasteiger partial charge >= 0.3 is 0 Å². The molecule has 0 aliphatic carbocycles. The van der Waals surface area contributed by atoms with Crippen molar-refractivity contribution in [2.45, 2.75) is 26.7 Å². The van der Waals surface area contributed by atoms with Gasteiger partial charge in [-0.1, -0.05) is 13.8 Å². The van der Waals surface area contributed by atoms with Crippen LogP contribution in [-0.2, 0) is 0 Å². The molecule has 0 spiro atoms. The number of piperidine rings is 1. The van der Waals surface area contributed by atoms with Crippen LogP contribution >= 0.6 is 0 Å². The zero-order valence-electron chi connectivity index (χ0n) is 11.9. The van der Waals surface area contributed by atoms with Crippen LogP contribution < -0.4 is 15.2 Å². The lowest BCUT2D eigenvalue weighted by molar-refractivity contribution is 0.0631. The third kappa shape index (κ3) is 2.28. The predicted molar refractivity (Wildman–Crippen MR) is 75.9 cm³/mol. The highest BCUT2D eigenvalue weighted by molar-refractivity contribution is 6.00. The molecule has 3 rings (SSSR count). The van der Waals surface area contributed by atoms with E-state index in [-0.39, 0.29) is 12.7 Å². The van der Waals surface area contributed by atoms with Gasteiger partial charge in [0.1, 0.15) is 0 Å². The molecule has 5 nitrogen and oxygen atoms in total. The van der Waals surface area contributed by atoms with E-state index in [0.29, 0.717) is 28.2 Å². The van der Waals surface area contributed by atoms with Gasteiger partial charge in [0.25, 0.3) is 5.91 Å². The summed E-state index contributed by atoms with van der Waals surface area (Å²) >= 11 is 0. The van der Waals surface area contributed by atoms with Crippen molar-refractivity contribution in [1.82, 2.24) is 4.90 Å². The molecule has 2 N–H and O–H groups in total. The Kier molecular flexibility index (Phi) is 3.00. The van der Waals surface area contributed by atoms with Crippen LogP contribution in [0.3, 0.4) is 0 Å². The first-order valence-corrected chi connectivity index (χ1v) is 6.95. The molecule has 0 bridgehead atoms. The first kappa shape index (κ1) is 13.1. The lowest BCUT2D eigenvalue weighted by Crippen LogP contribution is -2.41. The van der Waals surface area contributed by atoms with Gasteiger partial charge in [0.15, 0.2) is 11.5 Å². The van der Waals surface area contributed by atoms with Gasteiger partial charge in [0.2, 0.25) is 6.79 Å². The number of anilines is 1. The van der Waals surface area contributed by atoms with Gasteiger partial charge < -0.3 is 20.1 Å². The molecule has 108 valence electrons. The summed E-state index contributed by atoms with van der Waals surface area (Å²) in [5.41, 5.74) is 7.24. The Bertz CT molecular complexity index is 544. The molecule has 0 aromatic heterocycles. The number of carbonyl (C=O) groups is 1. The molecule has 1 aromatic rings. The molecule has 0 radical (unpaired) electrons. The number of nitrogen functional groups attached to an aromatic ring is 1. The molecule has 5 heteroatoms. The van der Waals surface area contributed by atoms with Crippen molar-refractivity contribution in [1.29, 1.82) is 0 Å². The summed E-state index contributed by atoms with van der Waals surface area (Å²) in [6.07, 6.45) is 2.03. The number of benzene rings is 1. The maximum Gasteiger partial charge on any atom is 0.256 e. The minimum atomic E-state index is -0.0173. The van der Waals surface area contributed by atoms with E-state index in [2.05, 4.69) is 13.8 Å². The number of ether oxygens (including phenoxy) is 2. The first-order chi connectivity index (χ1) is 9.46. The van der Waals surface area contributed by atoms with Gasteiger partial charge in [0.05, 0.1) is 5.56 Å². The highest BCUT2D eigenvalue weighted by Crippen LogP contribution is 2.37. The molecule has 2 aliphatic rings. The van der Waals surface area contributed by atoms with E-state index in [1.807, 2.05) is 4.90 Å². The minimum absolute atomic E-state index is 0.0173. The third-order valence-corrected chi connectivity index (χ3v) is 4.18. The molecule has 2 heterocycles. The standard InChI is InChI=1S/C15H20N2O3/c1-15(2)3-5-17(6-4-15)14(18)10-7-12-13(8-11(10)16)20-9-19-12/h7-8H,3-6,9,16H2,1-2H3. The summed E-state index contributed by atoms with van der Waals surface area (Å²) in [6.45, 7) is 6.22. The Hall–Kier alpha value is -1.91. The van der Waals surface area contributed by atoms with Gasteiger partial charge in [-0.2, -0.15) is 0 Å². The fraction of sp³-hybridized carbons (Fsp3) is 0.533. The number of rotatable bonds is 1. The van der Waals surface area contributed by atoms with Crippen LogP contribution in [0.25, 0.3) is 0 Å². The largest absolute Gasteiger partial charge is 0.454 e. The van der Waals surface area contributed by atoms with Crippen LogP contribution in [-0.4, -0.2) is 30.7 Å². The van der Waals surface area contributed by atoms with Crippen molar-refractivity contribution >= 4 is 11.6 Å². The van der Waals surface area contributed by atoms with Crippen LogP contribution in [0, 0.1) is 5.41 Å². The summed E-state index contributed by atoms with van der Waals surface area (Å²) in [5, 5.41) is 0. The van der Waals surface area contributed by atoms with Gasteiger partial charge in [-0.15, -0.1) is 0 Å². The SMILES string of the molecule is CC1(C)CCN(C(=O)c2cc3c(cc2N)OCO3)CC1. The van der Waals surface area contributed by atoms with Crippen molar-refractivity contribution in [3.63, 3.8) is 0 Å². The van der Waals surface area contributed by atoms with Crippen molar-refractivity contribution in [2.24, 2.45) is 5.41 Å². The average Bonchev–Trinajstić information content (AvgIpc) is 2.84. The van der Waals surface area contributed by atoms with Crippen molar-refractivity contribution < 1.29 is 14.3 Å². The Balaban J connectivity index is 1.81. The Morgan fingerprint density at radius 2 is 1.80 bits per heavy atom. The highest BCUT2D eigenvalue weighted by Gasteiger charge is 2.30. The lowest BCUT2D eigenvalue weighted by Gasteiger charge is -2.37. The molecule has 1 aromatic carbocycles. The number of nitrogens with two attached hydrogens (primary N) is 1. The van der Waals surface area contributed by atoms with Crippen LogP contribution in [0.4, 0.5) is 5.69 Å². The quantitative estimate of drug-likeness (QED) is 0.799. The summed E-state index contributed by atoms with van der Waals surface area (Å²) < 4.78 is 10.6. The fourth-order valence-electron chi connectivity index (χ4n) is 2.63. The van der Waals surface area contributed by atoms with Crippen molar-refractivity contribution in [3.05, 3.63) is 17.7 Å². The second kappa shape index (κ2) is 4.58. The van der Waals surface area contributed by atoms with E-state index in [0.717, 1.165) is 25.9 Å². The maximum absolute atomic E-state index is 12.6. The van der Waals surface area contributed by atoms with E-state index >= 15 is 0 Å². The summed E-state index contributed by atoms with van der Waals surface area (Å²) in [6, 6.07) is 3.36. The van der Waals surface area contributed by atoms with Crippen LogP contribution in [0.2, 0.25) is 0 Å². The molecular weight excluding hydrogens is 256 g/mol. The second-order valence-corrected chi connectivity index (χ2v) is 6.25. The number of fused-ring (bicyclic) bond motifs is 1. The van der Waals surface area contributed by atoms with Crippen LogP contribution in [0.1, 0.15) is 37.0 Å². The second-order valence-electron chi connectivity index (χ2n) is 6.25. The Labute approximate surface area is 118 Å². The number of carbonyl (C=O) groups excluding carboxylic acids is 1. The van der Waals surface area contributed by atoms with Gasteiger partial charge in [-0.3, -0.25) is 4.79 Å². The van der Waals surface area contributed by atoms with Crippen LogP contribution in [0.5, 0.6) is 11.5 Å². The predicted octanol–water partition coefficient (Wildman–Crippen LogP) is 2.26. The molecule has 1 amide bonds. The summed E-state index contributed by atoms with van der Waals surface area (Å²) in [4.78, 5) is 14.5. The topological polar surface area (TPSA) is 64.8 Å².